The zero-order chi connectivity index (χ0) is 11.7. The zero-order valence-corrected chi connectivity index (χ0v) is 15.6. The van der Waals surface area contributed by atoms with Crippen molar-refractivity contribution >= 4 is 11.4 Å². The Kier molecular flexibility index (Phi) is 7.60. The van der Waals surface area contributed by atoms with Crippen molar-refractivity contribution in [3.8, 4) is 11.1 Å². The molecule has 4 N–H and O–H groups in total. The average molecular weight is 260 g/mol. The van der Waals surface area contributed by atoms with Gasteiger partial charge in [-0.05, 0) is 54.3 Å². The Hall–Kier alpha value is 0.0400. The molecule has 0 aliphatic rings. The van der Waals surface area contributed by atoms with Crippen molar-refractivity contribution in [1.82, 2.24) is 0 Å². The Balaban J connectivity index is -0.000000722. The summed E-state index contributed by atoms with van der Waals surface area (Å²) in [6, 6.07) is 11.9. The maximum atomic E-state index is 5.87. The monoisotopic (exact) mass is 260 g/mol. The maximum Gasteiger partial charge on any atom is 1.00 e. The second-order valence-corrected chi connectivity index (χ2v) is 4.07. The molecule has 0 heterocycles. The van der Waals surface area contributed by atoms with Crippen LogP contribution in [0.4, 0.5) is 11.4 Å². The van der Waals surface area contributed by atoms with Gasteiger partial charge in [-0.1, -0.05) is 18.2 Å². The number of nitrogens with two attached hydrogens (primary N) is 2. The van der Waals surface area contributed by atoms with E-state index in [0.29, 0.717) is 0 Å². The molecule has 0 bridgehead atoms. The van der Waals surface area contributed by atoms with Gasteiger partial charge in [0.1, 0.15) is 0 Å². The van der Waals surface area contributed by atoms with Crippen molar-refractivity contribution in [3.63, 3.8) is 0 Å². The third kappa shape index (κ3) is 3.77. The van der Waals surface area contributed by atoms with E-state index >= 15 is 0 Å². The molecule has 2 rings (SSSR count). The van der Waals surface area contributed by atoms with Gasteiger partial charge in [-0.2, -0.15) is 0 Å². The van der Waals surface area contributed by atoms with Gasteiger partial charge in [0, 0.05) is 11.4 Å². The SMILES string of the molecule is Cc1c(N)ccc(-c2ccc(N)cc2)c1C.[H-].[H-].[Na+].[Na+]. The van der Waals surface area contributed by atoms with Crippen LogP contribution < -0.4 is 70.6 Å². The van der Waals surface area contributed by atoms with Gasteiger partial charge in [0.2, 0.25) is 0 Å². The Bertz CT molecular complexity index is 531. The molecule has 0 aliphatic heterocycles. The van der Waals surface area contributed by atoms with Crippen LogP contribution in [0.25, 0.3) is 11.1 Å². The van der Waals surface area contributed by atoms with Crippen molar-refractivity contribution in [2.45, 2.75) is 13.8 Å². The molecule has 2 aromatic rings. The van der Waals surface area contributed by atoms with E-state index in [1.54, 1.807) is 0 Å². The summed E-state index contributed by atoms with van der Waals surface area (Å²) in [5.41, 5.74) is 17.9. The third-order valence-electron chi connectivity index (χ3n) is 3.05. The minimum Gasteiger partial charge on any atom is -1.00 e. The van der Waals surface area contributed by atoms with Crippen LogP contribution in [0.1, 0.15) is 14.0 Å². The molecule has 0 aromatic heterocycles. The van der Waals surface area contributed by atoms with Gasteiger partial charge in [0.05, 0.1) is 0 Å². The first kappa shape index (κ1) is 18.0. The molecule has 0 fully saturated rings. The number of rotatable bonds is 1. The molecular formula is C14H18N2Na2. The van der Waals surface area contributed by atoms with E-state index in [9.17, 15) is 0 Å². The quantitative estimate of drug-likeness (QED) is 0.435. The van der Waals surface area contributed by atoms with Crippen LogP contribution in [0.2, 0.25) is 0 Å². The van der Waals surface area contributed by atoms with Crippen molar-refractivity contribution in [1.29, 1.82) is 0 Å². The second kappa shape index (κ2) is 7.59. The van der Waals surface area contributed by atoms with Gasteiger partial charge < -0.3 is 14.3 Å². The Labute approximate surface area is 156 Å². The van der Waals surface area contributed by atoms with E-state index in [0.717, 1.165) is 16.9 Å². The molecule has 18 heavy (non-hydrogen) atoms. The molecule has 0 atom stereocenters. The van der Waals surface area contributed by atoms with E-state index in [1.807, 2.05) is 37.3 Å². The van der Waals surface area contributed by atoms with Crippen LogP contribution in [0.5, 0.6) is 0 Å². The van der Waals surface area contributed by atoms with Crippen LogP contribution in [0.3, 0.4) is 0 Å². The number of nitrogen functional groups attached to an aromatic ring is 2. The van der Waals surface area contributed by atoms with Crippen LogP contribution in [-0.2, 0) is 0 Å². The van der Waals surface area contributed by atoms with Gasteiger partial charge in [-0.3, -0.25) is 0 Å². The van der Waals surface area contributed by atoms with Gasteiger partial charge >= 0.3 is 59.1 Å². The number of hydrogen-bond donors (Lipinski definition) is 2. The standard InChI is InChI=1S/C14H16N2.2Na.2H/c1-9-10(2)14(16)8-7-13(9)11-3-5-12(15)6-4-11;;;;/h3-8H,15-16H2,1-2H3;;;;/q;2*+1;2*-1. The topological polar surface area (TPSA) is 52.0 Å². The normalized spacial score (nSPS) is 9.22. The Morgan fingerprint density at radius 3 is 1.89 bits per heavy atom. The molecule has 4 heteroatoms. The summed E-state index contributed by atoms with van der Waals surface area (Å²) in [6.45, 7) is 4.14. The van der Waals surface area contributed by atoms with Crippen molar-refractivity contribution in [3.05, 3.63) is 47.5 Å². The zero-order valence-electron chi connectivity index (χ0n) is 13.6. The summed E-state index contributed by atoms with van der Waals surface area (Å²) in [7, 11) is 0. The van der Waals surface area contributed by atoms with Crippen LogP contribution >= 0.6 is 0 Å². The molecule has 0 saturated heterocycles. The van der Waals surface area contributed by atoms with Crippen LogP contribution in [-0.4, -0.2) is 0 Å². The van der Waals surface area contributed by atoms with Gasteiger partial charge in [0.15, 0.2) is 0 Å². The molecule has 0 saturated carbocycles. The van der Waals surface area contributed by atoms with Gasteiger partial charge in [-0.25, -0.2) is 0 Å². The number of benzene rings is 2. The smallest absolute Gasteiger partial charge is 1.00 e. The fraction of sp³-hybridized carbons (Fsp3) is 0.143. The summed E-state index contributed by atoms with van der Waals surface area (Å²) in [5.74, 6) is 0. The predicted molar refractivity (Wildman–Crippen MR) is 72.4 cm³/mol. The molecular weight excluding hydrogens is 242 g/mol. The molecule has 0 radical (unpaired) electrons. The molecule has 2 nitrogen and oxygen atoms in total. The summed E-state index contributed by atoms with van der Waals surface area (Å²) < 4.78 is 0. The minimum atomic E-state index is 0. The first-order chi connectivity index (χ1) is 7.59. The minimum absolute atomic E-state index is 0. The summed E-state index contributed by atoms with van der Waals surface area (Å²) in [5, 5.41) is 0. The molecule has 2 aromatic carbocycles. The average Bonchev–Trinajstić information content (AvgIpc) is 2.28. The summed E-state index contributed by atoms with van der Waals surface area (Å²) in [4.78, 5) is 0. The van der Waals surface area contributed by atoms with Crippen LogP contribution in [0, 0.1) is 13.8 Å². The fourth-order valence-corrected chi connectivity index (χ4v) is 1.82. The summed E-state index contributed by atoms with van der Waals surface area (Å²) >= 11 is 0. The molecule has 0 spiro atoms. The largest absolute Gasteiger partial charge is 1.00 e. The van der Waals surface area contributed by atoms with E-state index in [4.69, 9.17) is 11.5 Å². The fourth-order valence-electron chi connectivity index (χ4n) is 1.82. The molecule has 86 valence electrons. The molecule has 0 aliphatic carbocycles. The second-order valence-electron chi connectivity index (χ2n) is 4.07. The van der Waals surface area contributed by atoms with E-state index < -0.39 is 0 Å². The predicted octanol–water partition coefficient (Wildman–Crippen LogP) is -2.63. The van der Waals surface area contributed by atoms with E-state index in [1.165, 1.54) is 16.7 Å². The van der Waals surface area contributed by atoms with Crippen molar-refractivity contribution < 1.29 is 62.0 Å². The van der Waals surface area contributed by atoms with E-state index in [-0.39, 0.29) is 62.0 Å². The molecule has 0 unspecified atom stereocenters. The van der Waals surface area contributed by atoms with E-state index in [2.05, 4.69) is 13.0 Å². The van der Waals surface area contributed by atoms with Crippen molar-refractivity contribution in [2.75, 3.05) is 11.5 Å². The maximum absolute atomic E-state index is 5.87. The van der Waals surface area contributed by atoms with Crippen LogP contribution in [0.15, 0.2) is 36.4 Å². The number of anilines is 2. The first-order valence-electron chi connectivity index (χ1n) is 5.31. The third-order valence-corrected chi connectivity index (χ3v) is 3.05. The first-order valence-corrected chi connectivity index (χ1v) is 5.31. The van der Waals surface area contributed by atoms with Crippen molar-refractivity contribution in [2.24, 2.45) is 0 Å². The van der Waals surface area contributed by atoms with Gasteiger partial charge in [0.25, 0.3) is 0 Å². The number of hydrogen-bond acceptors (Lipinski definition) is 2. The summed E-state index contributed by atoms with van der Waals surface area (Å²) in [6.07, 6.45) is 0. The molecule has 0 amide bonds. The Morgan fingerprint density at radius 2 is 1.33 bits per heavy atom. The van der Waals surface area contributed by atoms with Gasteiger partial charge in [-0.15, -0.1) is 0 Å². The Morgan fingerprint density at radius 1 is 0.778 bits per heavy atom.